The third kappa shape index (κ3) is 5.05. The SMILES string of the molecule is CON(C)C(=O)N1N=C(c2cc(F)ccc2F)SC1(CCN=C(N)NC#N)c1ccccc1. The number of guanidine groups is 1. The van der Waals surface area contributed by atoms with Crippen molar-refractivity contribution in [1.82, 2.24) is 15.4 Å². The van der Waals surface area contributed by atoms with Crippen molar-refractivity contribution < 1.29 is 18.4 Å². The van der Waals surface area contributed by atoms with Crippen molar-refractivity contribution in [3.63, 3.8) is 0 Å². The fraction of sp³-hybridized carbons (Fsp3) is 0.238. The number of halogens is 2. The van der Waals surface area contributed by atoms with Crippen LogP contribution in [0, 0.1) is 23.1 Å². The largest absolute Gasteiger partial charge is 0.369 e. The minimum Gasteiger partial charge on any atom is -0.369 e. The predicted octanol–water partition coefficient (Wildman–Crippen LogP) is 2.92. The number of carbonyl (C=O) groups is 1. The fourth-order valence-corrected chi connectivity index (χ4v) is 4.54. The number of hydrazone groups is 1. The Morgan fingerprint density at radius 1 is 1.36 bits per heavy atom. The summed E-state index contributed by atoms with van der Waals surface area (Å²) in [5.74, 6) is -1.41. The molecule has 2 aromatic carbocycles. The second-order valence-electron chi connectivity index (χ2n) is 6.81. The average Bonchev–Trinajstić information content (AvgIpc) is 3.20. The maximum absolute atomic E-state index is 14.6. The monoisotopic (exact) mass is 473 g/mol. The smallest absolute Gasteiger partial charge is 0.365 e. The molecule has 2 aromatic rings. The first-order valence-electron chi connectivity index (χ1n) is 9.68. The van der Waals surface area contributed by atoms with Crippen molar-refractivity contribution >= 4 is 28.8 Å². The van der Waals surface area contributed by atoms with Crippen LogP contribution in [0.25, 0.3) is 0 Å². The molecule has 0 radical (unpaired) electrons. The summed E-state index contributed by atoms with van der Waals surface area (Å²) in [7, 11) is 2.73. The molecule has 1 heterocycles. The highest BCUT2D eigenvalue weighted by molar-refractivity contribution is 8.15. The molecule has 9 nitrogen and oxygen atoms in total. The van der Waals surface area contributed by atoms with Gasteiger partial charge in [-0.3, -0.25) is 15.1 Å². The number of carbonyl (C=O) groups excluding carboxylic acids is 1. The molecule has 172 valence electrons. The predicted molar refractivity (Wildman–Crippen MR) is 120 cm³/mol. The van der Waals surface area contributed by atoms with E-state index in [2.05, 4.69) is 15.4 Å². The number of hydroxylamine groups is 2. The van der Waals surface area contributed by atoms with Gasteiger partial charge in [0.25, 0.3) is 0 Å². The van der Waals surface area contributed by atoms with Crippen molar-refractivity contribution in [2.45, 2.75) is 11.3 Å². The van der Waals surface area contributed by atoms with E-state index in [1.165, 1.54) is 19.2 Å². The molecule has 12 heteroatoms. The second-order valence-corrected chi connectivity index (χ2v) is 8.08. The summed E-state index contributed by atoms with van der Waals surface area (Å²) in [5.41, 5.74) is 6.24. The molecule has 0 aliphatic carbocycles. The summed E-state index contributed by atoms with van der Waals surface area (Å²) in [6, 6.07) is 11.4. The van der Waals surface area contributed by atoms with Gasteiger partial charge in [-0.25, -0.2) is 18.6 Å². The Kier molecular flexibility index (Phi) is 7.47. The lowest BCUT2D eigenvalue weighted by Crippen LogP contribution is -2.47. The summed E-state index contributed by atoms with van der Waals surface area (Å²) in [6.45, 7) is 0.0946. The lowest BCUT2D eigenvalue weighted by Gasteiger charge is -2.36. The van der Waals surface area contributed by atoms with Crippen LogP contribution in [0.4, 0.5) is 13.6 Å². The first-order valence-corrected chi connectivity index (χ1v) is 10.5. The topological polar surface area (TPSA) is 119 Å². The summed E-state index contributed by atoms with van der Waals surface area (Å²) >= 11 is 1.09. The summed E-state index contributed by atoms with van der Waals surface area (Å²) in [5, 5.41) is 17.6. The number of nitriles is 1. The first-order chi connectivity index (χ1) is 15.8. The summed E-state index contributed by atoms with van der Waals surface area (Å²) in [6.07, 6.45) is 1.86. The van der Waals surface area contributed by atoms with Crippen LogP contribution in [0.15, 0.2) is 58.6 Å². The third-order valence-electron chi connectivity index (χ3n) is 4.82. The van der Waals surface area contributed by atoms with Gasteiger partial charge in [-0.2, -0.15) is 15.4 Å². The highest BCUT2D eigenvalue weighted by Gasteiger charge is 2.49. The number of nitrogens with two attached hydrogens (primary N) is 1. The van der Waals surface area contributed by atoms with Gasteiger partial charge in [-0.1, -0.05) is 42.1 Å². The molecule has 0 saturated heterocycles. The molecule has 0 aromatic heterocycles. The average molecular weight is 474 g/mol. The van der Waals surface area contributed by atoms with Crippen molar-refractivity contribution in [3.8, 4) is 6.19 Å². The van der Waals surface area contributed by atoms with Gasteiger partial charge in [0.15, 0.2) is 6.19 Å². The minimum atomic E-state index is -1.18. The summed E-state index contributed by atoms with van der Waals surface area (Å²) in [4.78, 5) is 21.2. The maximum Gasteiger partial charge on any atom is 0.365 e. The van der Waals surface area contributed by atoms with Crippen LogP contribution >= 0.6 is 11.8 Å². The third-order valence-corrected chi connectivity index (χ3v) is 6.27. The van der Waals surface area contributed by atoms with Crippen LogP contribution in [0.3, 0.4) is 0 Å². The van der Waals surface area contributed by atoms with Gasteiger partial charge in [-0.05, 0) is 23.8 Å². The highest BCUT2D eigenvalue weighted by Crippen LogP contribution is 2.50. The van der Waals surface area contributed by atoms with Crippen LogP contribution < -0.4 is 11.1 Å². The van der Waals surface area contributed by atoms with E-state index in [0.29, 0.717) is 5.56 Å². The maximum atomic E-state index is 14.6. The molecule has 3 rings (SSSR count). The molecule has 1 aliphatic rings. The van der Waals surface area contributed by atoms with Gasteiger partial charge >= 0.3 is 6.03 Å². The van der Waals surface area contributed by atoms with E-state index in [1.54, 1.807) is 30.5 Å². The zero-order valence-electron chi connectivity index (χ0n) is 17.8. The Labute approximate surface area is 193 Å². The van der Waals surface area contributed by atoms with Crippen molar-refractivity contribution in [2.75, 3.05) is 20.7 Å². The number of hydrogen-bond donors (Lipinski definition) is 2. The molecule has 2 amide bonds. The van der Waals surface area contributed by atoms with E-state index < -0.39 is 22.5 Å². The normalized spacial score (nSPS) is 18.0. The van der Waals surface area contributed by atoms with Crippen molar-refractivity contribution in [2.24, 2.45) is 15.8 Å². The standard InChI is InChI=1S/C21H21F2N7O2S/c1-29(32-2)20(31)30-21(14-6-4-3-5-7-14,10-11-26-19(25)27-13-24)33-18(28-30)16-12-15(22)8-9-17(16)23/h3-9,12H,10-11H2,1-2H3,(H3,25,26,27). The van der Waals surface area contributed by atoms with E-state index in [9.17, 15) is 13.6 Å². The quantitative estimate of drug-likeness (QED) is 0.219. The van der Waals surface area contributed by atoms with Gasteiger partial charge in [0.1, 0.15) is 21.5 Å². The fourth-order valence-electron chi connectivity index (χ4n) is 3.18. The number of aliphatic imine (C=N–C) groups is 1. The molecule has 1 aliphatic heterocycles. The summed E-state index contributed by atoms with van der Waals surface area (Å²) < 4.78 is 28.5. The van der Waals surface area contributed by atoms with Crippen molar-refractivity contribution in [1.29, 1.82) is 5.26 Å². The van der Waals surface area contributed by atoms with Gasteiger partial charge in [-0.15, -0.1) is 0 Å². The Morgan fingerprint density at radius 2 is 2.09 bits per heavy atom. The molecular weight excluding hydrogens is 452 g/mol. The second kappa shape index (κ2) is 10.3. The van der Waals surface area contributed by atoms with Gasteiger partial charge in [0.2, 0.25) is 5.96 Å². The molecule has 1 unspecified atom stereocenters. The number of thioether (sulfide) groups is 1. The van der Waals surface area contributed by atoms with Gasteiger partial charge in [0.05, 0.1) is 7.11 Å². The van der Waals surface area contributed by atoms with Crippen LogP contribution in [-0.2, 0) is 9.71 Å². The molecule has 0 fully saturated rings. The number of amides is 2. The lowest BCUT2D eigenvalue weighted by molar-refractivity contribution is -0.0804. The Balaban J connectivity index is 2.12. The van der Waals surface area contributed by atoms with Crippen LogP contribution in [0.2, 0.25) is 0 Å². The minimum absolute atomic E-state index is 0.0789. The molecule has 1 atom stereocenters. The number of nitrogens with one attached hydrogen (secondary N) is 1. The molecule has 0 spiro atoms. The van der Waals surface area contributed by atoms with Crippen LogP contribution in [0.5, 0.6) is 0 Å². The molecule has 0 bridgehead atoms. The zero-order chi connectivity index (χ0) is 24.0. The molecule has 3 N–H and O–H groups in total. The van der Waals surface area contributed by atoms with Gasteiger partial charge in [0, 0.05) is 25.6 Å². The zero-order valence-corrected chi connectivity index (χ0v) is 18.6. The van der Waals surface area contributed by atoms with Crippen LogP contribution in [0.1, 0.15) is 17.5 Å². The van der Waals surface area contributed by atoms with E-state index >= 15 is 0 Å². The van der Waals surface area contributed by atoms with E-state index in [0.717, 1.165) is 35.0 Å². The first kappa shape index (κ1) is 24.0. The molecule has 0 saturated carbocycles. The van der Waals surface area contributed by atoms with E-state index in [1.807, 2.05) is 6.07 Å². The number of rotatable bonds is 6. The number of hydrogen-bond acceptors (Lipinski definition) is 6. The van der Waals surface area contributed by atoms with Crippen molar-refractivity contribution in [3.05, 3.63) is 71.3 Å². The molecule has 33 heavy (non-hydrogen) atoms. The Hall–Kier alpha value is -3.69. The number of benzene rings is 2. The Morgan fingerprint density at radius 3 is 2.76 bits per heavy atom. The van der Waals surface area contributed by atoms with Crippen LogP contribution in [-0.4, -0.2) is 47.8 Å². The molecular formula is C21H21F2N7O2S. The number of urea groups is 1. The van der Waals surface area contributed by atoms with E-state index in [4.69, 9.17) is 15.8 Å². The highest BCUT2D eigenvalue weighted by atomic mass is 32.2. The van der Waals surface area contributed by atoms with E-state index in [-0.39, 0.29) is 29.5 Å². The number of nitrogens with zero attached hydrogens (tertiary/aromatic N) is 5. The lowest BCUT2D eigenvalue weighted by atomic mass is 10.0. The Bertz CT molecular complexity index is 1120. The van der Waals surface area contributed by atoms with Gasteiger partial charge < -0.3 is 5.73 Å².